The van der Waals surface area contributed by atoms with Crippen molar-refractivity contribution in [3.63, 3.8) is 0 Å². The summed E-state index contributed by atoms with van der Waals surface area (Å²) in [6.45, 7) is 1.63. The maximum atomic E-state index is 12.6. The molecule has 0 aliphatic carbocycles. The van der Waals surface area contributed by atoms with E-state index in [4.69, 9.17) is 0 Å². The SMILES string of the molecule is CCN1C(=O)c2ccc(C(=O)Nc3nc(-c4ccccc4)cs3)cc2S1(=O)=O. The van der Waals surface area contributed by atoms with Gasteiger partial charge in [0.15, 0.2) is 5.13 Å². The van der Waals surface area contributed by atoms with E-state index in [-0.39, 0.29) is 22.6 Å². The molecule has 142 valence electrons. The molecule has 0 unspecified atom stereocenters. The van der Waals surface area contributed by atoms with Gasteiger partial charge in [-0.05, 0) is 25.1 Å². The van der Waals surface area contributed by atoms with Gasteiger partial charge in [0.25, 0.3) is 21.8 Å². The number of anilines is 1. The summed E-state index contributed by atoms with van der Waals surface area (Å²) in [6, 6.07) is 13.6. The van der Waals surface area contributed by atoms with E-state index in [1.165, 1.54) is 29.5 Å². The predicted octanol–water partition coefficient (Wildman–Crippen LogP) is 3.23. The fourth-order valence-corrected chi connectivity index (χ4v) is 5.29. The molecular formula is C19H15N3O4S2. The average Bonchev–Trinajstić information content (AvgIpc) is 3.23. The molecule has 0 atom stereocenters. The Bertz CT molecular complexity index is 1190. The summed E-state index contributed by atoms with van der Waals surface area (Å²) in [4.78, 5) is 29.0. The van der Waals surface area contributed by atoms with Crippen molar-refractivity contribution in [2.45, 2.75) is 11.8 Å². The van der Waals surface area contributed by atoms with E-state index in [2.05, 4.69) is 10.3 Å². The summed E-state index contributed by atoms with van der Waals surface area (Å²) in [6.07, 6.45) is 0. The maximum Gasteiger partial charge on any atom is 0.268 e. The number of nitrogens with one attached hydrogen (secondary N) is 1. The first-order valence-electron chi connectivity index (χ1n) is 8.45. The number of sulfonamides is 1. The zero-order valence-electron chi connectivity index (χ0n) is 14.7. The number of hydrogen-bond acceptors (Lipinski definition) is 6. The first-order chi connectivity index (χ1) is 13.4. The van der Waals surface area contributed by atoms with Crippen LogP contribution in [0, 0.1) is 0 Å². The van der Waals surface area contributed by atoms with Gasteiger partial charge in [-0.1, -0.05) is 30.3 Å². The number of carbonyl (C=O) groups is 2. The summed E-state index contributed by atoms with van der Waals surface area (Å²) >= 11 is 1.27. The third-order valence-electron chi connectivity index (χ3n) is 4.35. The van der Waals surface area contributed by atoms with E-state index >= 15 is 0 Å². The second-order valence-corrected chi connectivity index (χ2v) is 8.73. The van der Waals surface area contributed by atoms with Crippen molar-refractivity contribution in [3.05, 3.63) is 65.0 Å². The minimum atomic E-state index is -3.92. The molecule has 7 nitrogen and oxygen atoms in total. The van der Waals surface area contributed by atoms with Crippen molar-refractivity contribution in [2.24, 2.45) is 0 Å². The van der Waals surface area contributed by atoms with Crippen molar-refractivity contribution in [2.75, 3.05) is 11.9 Å². The van der Waals surface area contributed by atoms with E-state index in [0.717, 1.165) is 15.6 Å². The van der Waals surface area contributed by atoms with Gasteiger partial charge in [-0.2, -0.15) is 0 Å². The van der Waals surface area contributed by atoms with Crippen LogP contribution in [0.3, 0.4) is 0 Å². The van der Waals surface area contributed by atoms with Crippen LogP contribution < -0.4 is 5.32 Å². The number of nitrogens with zero attached hydrogens (tertiary/aromatic N) is 2. The third-order valence-corrected chi connectivity index (χ3v) is 7.01. The molecule has 2 amide bonds. The molecule has 1 aromatic heterocycles. The Labute approximate surface area is 165 Å². The summed E-state index contributed by atoms with van der Waals surface area (Å²) in [7, 11) is -3.92. The largest absolute Gasteiger partial charge is 0.298 e. The first-order valence-corrected chi connectivity index (χ1v) is 10.8. The molecule has 0 saturated heterocycles. The molecule has 2 aromatic carbocycles. The van der Waals surface area contributed by atoms with E-state index in [0.29, 0.717) is 5.13 Å². The Morgan fingerprint density at radius 3 is 2.64 bits per heavy atom. The molecule has 0 radical (unpaired) electrons. The highest BCUT2D eigenvalue weighted by Crippen LogP contribution is 2.31. The van der Waals surface area contributed by atoms with Crippen LogP contribution in [0.2, 0.25) is 0 Å². The van der Waals surface area contributed by atoms with Crippen LogP contribution in [0.25, 0.3) is 11.3 Å². The lowest BCUT2D eigenvalue weighted by Gasteiger charge is -2.11. The minimum Gasteiger partial charge on any atom is -0.298 e. The van der Waals surface area contributed by atoms with Crippen molar-refractivity contribution in [1.82, 2.24) is 9.29 Å². The lowest BCUT2D eigenvalue weighted by atomic mass is 10.1. The molecule has 3 aromatic rings. The lowest BCUT2D eigenvalue weighted by Crippen LogP contribution is -2.29. The number of rotatable bonds is 4. The molecular weight excluding hydrogens is 398 g/mol. The molecule has 0 bridgehead atoms. The zero-order valence-corrected chi connectivity index (χ0v) is 16.4. The van der Waals surface area contributed by atoms with Gasteiger partial charge in [-0.3, -0.25) is 14.9 Å². The van der Waals surface area contributed by atoms with E-state index < -0.39 is 21.8 Å². The van der Waals surface area contributed by atoms with Crippen LogP contribution >= 0.6 is 11.3 Å². The second-order valence-electron chi connectivity index (χ2n) is 6.04. The van der Waals surface area contributed by atoms with Gasteiger partial charge in [0.1, 0.15) is 4.90 Å². The summed E-state index contributed by atoms with van der Waals surface area (Å²) < 4.78 is 25.8. The standard InChI is InChI=1S/C19H15N3O4S2/c1-2-22-18(24)14-9-8-13(10-16(14)28(22,25)26)17(23)21-19-20-15(11-27-19)12-6-4-3-5-7-12/h3-11H,2H2,1H3,(H,20,21,23). The van der Waals surface area contributed by atoms with Crippen LogP contribution in [0.1, 0.15) is 27.6 Å². The van der Waals surface area contributed by atoms with Gasteiger partial charge in [0, 0.05) is 23.1 Å². The number of fused-ring (bicyclic) bond motifs is 1. The molecule has 2 heterocycles. The maximum absolute atomic E-state index is 12.6. The van der Waals surface area contributed by atoms with Crippen LogP contribution in [-0.2, 0) is 10.0 Å². The summed E-state index contributed by atoms with van der Waals surface area (Å²) in [5, 5.41) is 4.91. The Kier molecular flexibility index (Phi) is 4.48. The topological polar surface area (TPSA) is 96.4 Å². The molecule has 0 spiro atoms. The van der Waals surface area contributed by atoms with Crippen molar-refractivity contribution >= 4 is 38.3 Å². The van der Waals surface area contributed by atoms with Gasteiger partial charge < -0.3 is 0 Å². The van der Waals surface area contributed by atoms with Crippen LogP contribution in [0.15, 0.2) is 58.8 Å². The fraction of sp³-hybridized carbons (Fsp3) is 0.105. The first kappa shape index (κ1) is 18.3. The van der Waals surface area contributed by atoms with Gasteiger partial charge in [-0.15, -0.1) is 11.3 Å². The second kappa shape index (κ2) is 6.84. The lowest BCUT2D eigenvalue weighted by molar-refractivity contribution is 0.0875. The zero-order chi connectivity index (χ0) is 19.9. The normalized spacial score (nSPS) is 14.8. The predicted molar refractivity (Wildman–Crippen MR) is 106 cm³/mol. The molecule has 1 N–H and O–H groups in total. The van der Waals surface area contributed by atoms with Crippen molar-refractivity contribution in [3.8, 4) is 11.3 Å². The van der Waals surface area contributed by atoms with Crippen LogP contribution in [-0.4, -0.2) is 36.1 Å². The Morgan fingerprint density at radius 1 is 1.18 bits per heavy atom. The van der Waals surface area contributed by atoms with Gasteiger partial charge in [0.2, 0.25) is 0 Å². The highest BCUT2D eigenvalue weighted by Gasteiger charge is 2.40. The molecule has 0 saturated carbocycles. The van der Waals surface area contributed by atoms with Gasteiger partial charge in [0.05, 0.1) is 11.3 Å². The molecule has 4 rings (SSSR count). The number of aromatic nitrogens is 1. The minimum absolute atomic E-state index is 0.0404. The molecule has 1 aliphatic heterocycles. The number of benzene rings is 2. The molecule has 0 fully saturated rings. The third kappa shape index (κ3) is 2.98. The van der Waals surface area contributed by atoms with Crippen LogP contribution in [0.5, 0.6) is 0 Å². The quantitative estimate of drug-likeness (QED) is 0.708. The Hall–Kier alpha value is -3.04. The number of thiazole rings is 1. The van der Waals surface area contributed by atoms with E-state index in [9.17, 15) is 18.0 Å². The fourth-order valence-electron chi connectivity index (χ4n) is 2.97. The van der Waals surface area contributed by atoms with E-state index in [1.807, 2.05) is 35.7 Å². The van der Waals surface area contributed by atoms with Gasteiger partial charge in [-0.25, -0.2) is 17.7 Å². The van der Waals surface area contributed by atoms with E-state index in [1.54, 1.807) is 6.92 Å². The molecule has 9 heteroatoms. The number of carbonyl (C=O) groups excluding carboxylic acids is 2. The van der Waals surface area contributed by atoms with Crippen LogP contribution in [0.4, 0.5) is 5.13 Å². The Balaban J connectivity index is 1.59. The molecule has 1 aliphatic rings. The number of hydrogen-bond donors (Lipinski definition) is 1. The number of amides is 2. The van der Waals surface area contributed by atoms with Crippen molar-refractivity contribution in [1.29, 1.82) is 0 Å². The smallest absolute Gasteiger partial charge is 0.268 e. The van der Waals surface area contributed by atoms with Crippen molar-refractivity contribution < 1.29 is 18.0 Å². The highest BCUT2D eigenvalue weighted by atomic mass is 32.2. The highest BCUT2D eigenvalue weighted by molar-refractivity contribution is 7.90. The monoisotopic (exact) mass is 413 g/mol. The summed E-state index contributed by atoms with van der Waals surface area (Å²) in [5.41, 5.74) is 1.89. The Morgan fingerprint density at radius 2 is 1.93 bits per heavy atom. The van der Waals surface area contributed by atoms with Gasteiger partial charge >= 0.3 is 0 Å². The summed E-state index contributed by atoms with van der Waals surface area (Å²) in [5.74, 6) is -1.06. The molecule has 28 heavy (non-hydrogen) atoms. The average molecular weight is 413 g/mol.